The minimum Gasteiger partial charge on any atom is -0.285 e. The van der Waals surface area contributed by atoms with Crippen molar-refractivity contribution in [2.45, 2.75) is 12.7 Å². The Morgan fingerprint density at radius 1 is 1.00 bits per heavy atom. The maximum absolute atomic E-state index is 13.1. The fourth-order valence-electron chi connectivity index (χ4n) is 1.10. The smallest absolute Gasteiger partial charge is 0.269 e. The summed E-state index contributed by atoms with van der Waals surface area (Å²) < 4.78 is 81.2. The van der Waals surface area contributed by atoms with Crippen LogP contribution in [0.1, 0.15) is 11.1 Å². The molecule has 0 heterocycles. The van der Waals surface area contributed by atoms with Gasteiger partial charge in [-0.25, -0.2) is 17.6 Å². The van der Waals surface area contributed by atoms with E-state index in [4.69, 9.17) is 4.55 Å². The van der Waals surface area contributed by atoms with Crippen molar-refractivity contribution >= 4 is 22.5 Å². The summed E-state index contributed by atoms with van der Waals surface area (Å²) >= 11 is 0. The van der Waals surface area contributed by atoms with Crippen LogP contribution in [0.3, 0.4) is 0 Å². The molecule has 0 saturated carbocycles. The lowest BCUT2D eigenvalue weighted by Gasteiger charge is -2.07. The van der Waals surface area contributed by atoms with Crippen LogP contribution in [-0.4, -0.2) is 13.0 Å². The lowest BCUT2D eigenvalue weighted by Crippen LogP contribution is -2.11. The number of hydrogen-bond acceptors (Lipinski definition) is 2. The first-order chi connectivity index (χ1) is 7.15. The van der Waals surface area contributed by atoms with Crippen LogP contribution < -0.4 is 0 Å². The second kappa shape index (κ2) is 5.19. The van der Waals surface area contributed by atoms with Gasteiger partial charge in [0.15, 0.2) is 23.3 Å². The Kier molecular flexibility index (Phi) is 4.93. The van der Waals surface area contributed by atoms with Crippen molar-refractivity contribution in [3.63, 3.8) is 0 Å². The predicted molar refractivity (Wildman–Crippen MR) is 53.5 cm³/mol. The molecular weight excluding hydrogens is 288 g/mol. The summed E-state index contributed by atoms with van der Waals surface area (Å²) in [6.45, 7) is 0.800. The van der Waals surface area contributed by atoms with Crippen molar-refractivity contribution in [1.82, 2.24) is 0 Å². The highest BCUT2D eigenvalue weighted by atomic mass is 35.5. The molecule has 0 saturated heterocycles. The molecule has 1 aromatic rings. The Labute approximate surface area is 101 Å². The molecule has 1 N–H and O–H groups in total. The topological polar surface area (TPSA) is 54.4 Å². The fraction of sp³-hybridized carbons (Fsp3) is 0.250. The molecule has 98 valence electrons. The van der Waals surface area contributed by atoms with Gasteiger partial charge in [0.05, 0.1) is 0 Å². The molecule has 0 radical (unpaired) electrons. The fourth-order valence-corrected chi connectivity index (χ4v) is 1.71. The molecule has 0 spiro atoms. The first kappa shape index (κ1) is 16.1. The van der Waals surface area contributed by atoms with Crippen LogP contribution in [0.25, 0.3) is 0 Å². The van der Waals surface area contributed by atoms with E-state index in [1.165, 1.54) is 0 Å². The SMILES string of the molecule is Cc1c(F)c(F)c(CS(=O)(=O)O)c(F)c1F.Cl. The van der Waals surface area contributed by atoms with Crippen LogP contribution in [0, 0.1) is 30.2 Å². The Morgan fingerprint density at radius 3 is 1.65 bits per heavy atom. The molecule has 0 bridgehead atoms. The Morgan fingerprint density at radius 2 is 1.35 bits per heavy atom. The van der Waals surface area contributed by atoms with Crippen molar-refractivity contribution in [3.05, 3.63) is 34.4 Å². The normalized spacial score (nSPS) is 11.2. The van der Waals surface area contributed by atoms with E-state index in [1.807, 2.05) is 0 Å². The molecule has 0 fully saturated rings. The van der Waals surface area contributed by atoms with E-state index in [1.54, 1.807) is 0 Å². The van der Waals surface area contributed by atoms with Gasteiger partial charge in [-0.2, -0.15) is 8.42 Å². The average Bonchev–Trinajstić information content (AvgIpc) is 2.17. The summed E-state index contributed by atoms with van der Waals surface area (Å²) in [5.41, 5.74) is -2.25. The number of benzene rings is 1. The molecule has 3 nitrogen and oxygen atoms in total. The summed E-state index contributed by atoms with van der Waals surface area (Å²) in [5, 5.41) is 0. The van der Waals surface area contributed by atoms with Crippen LogP contribution in [0.4, 0.5) is 17.6 Å². The van der Waals surface area contributed by atoms with Crippen molar-refractivity contribution in [2.75, 3.05) is 0 Å². The molecular formula is C8H7ClF4O3S. The first-order valence-corrected chi connectivity index (χ1v) is 5.52. The summed E-state index contributed by atoms with van der Waals surface area (Å²) in [5.74, 6) is -8.54. The van der Waals surface area contributed by atoms with E-state index < -0.39 is 50.3 Å². The zero-order chi connectivity index (χ0) is 12.7. The minimum absolute atomic E-state index is 0. The third kappa shape index (κ3) is 3.30. The van der Waals surface area contributed by atoms with E-state index in [0.717, 1.165) is 6.92 Å². The quantitative estimate of drug-likeness (QED) is 0.517. The van der Waals surface area contributed by atoms with Crippen molar-refractivity contribution in [1.29, 1.82) is 0 Å². The molecule has 17 heavy (non-hydrogen) atoms. The van der Waals surface area contributed by atoms with Crippen molar-refractivity contribution < 1.29 is 30.5 Å². The van der Waals surface area contributed by atoms with E-state index in [2.05, 4.69) is 0 Å². The van der Waals surface area contributed by atoms with Gasteiger partial charge >= 0.3 is 0 Å². The molecule has 1 rings (SSSR count). The van der Waals surface area contributed by atoms with E-state index >= 15 is 0 Å². The lowest BCUT2D eigenvalue weighted by atomic mass is 10.1. The van der Waals surface area contributed by atoms with Crippen LogP contribution in [0.5, 0.6) is 0 Å². The van der Waals surface area contributed by atoms with E-state index in [-0.39, 0.29) is 12.4 Å². The van der Waals surface area contributed by atoms with Gasteiger partial charge in [-0.1, -0.05) is 0 Å². The zero-order valence-corrected chi connectivity index (χ0v) is 9.93. The number of hydrogen-bond donors (Lipinski definition) is 1. The van der Waals surface area contributed by atoms with E-state index in [0.29, 0.717) is 0 Å². The largest absolute Gasteiger partial charge is 0.285 e. The van der Waals surface area contributed by atoms with Crippen LogP contribution in [0.2, 0.25) is 0 Å². The van der Waals surface area contributed by atoms with Crippen LogP contribution in [0.15, 0.2) is 0 Å². The average molecular weight is 295 g/mol. The van der Waals surface area contributed by atoms with Gasteiger partial charge in [0.2, 0.25) is 0 Å². The third-order valence-electron chi connectivity index (χ3n) is 1.90. The molecule has 0 aromatic heterocycles. The minimum atomic E-state index is -4.78. The highest BCUT2D eigenvalue weighted by Gasteiger charge is 2.25. The molecule has 0 unspecified atom stereocenters. The second-order valence-corrected chi connectivity index (χ2v) is 4.54. The zero-order valence-electron chi connectivity index (χ0n) is 8.30. The summed E-state index contributed by atoms with van der Waals surface area (Å²) in [6, 6.07) is 0. The second-order valence-electron chi connectivity index (χ2n) is 3.09. The Hall–Kier alpha value is -0.860. The van der Waals surface area contributed by atoms with Gasteiger partial charge in [-0.3, -0.25) is 4.55 Å². The lowest BCUT2D eigenvalue weighted by molar-refractivity contribution is 0.430. The van der Waals surface area contributed by atoms with Crippen LogP contribution >= 0.6 is 12.4 Å². The maximum Gasteiger partial charge on any atom is 0.269 e. The van der Waals surface area contributed by atoms with Gasteiger partial charge < -0.3 is 0 Å². The third-order valence-corrected chi connectivity index (χ3v) is 2.55. The molecule has 0 aliphatic carbocycles. The van der Waals surface area contributed by atoms with Gasteiger partial charge in [0.1, 0.15) is 5.75 Å². The first-order valence-electron chi connectivity index (χ1n) is 3.91. The summed E-state index contributed by atoms with van der Waals surface area (Å²) in [7, 11) is -4.78. The summed E-state index contributed by atoms with van der Waals surface area (Å²) in [6.07, 6.45) is 0. The maximum atomic E-state index is 13.1. The molecule has 9 heteroatoms. The summed E-state index contributed by atoms with van der Waals surface area (Å²) in [4.78, 5) is 0. The van der Waals surface area contributed by atoms with Gasteiger partial charge in [-0.15, -0.1) is 12.4 Å². The Bertz CT molecular complexity index is 515. The Balaban J connectivity index is 0.00000256. The molecule has 0 aliphatic rings. The van der Waals surface area contributed by atoms with E-state index in [9.17, 15) is 26.0 Å². The molecule has 0 amide bonds. The van der Waals surface area contributed by atoms with Crippen molar-refractivity contribution in [2.24, 2.45) is 0 Å². The molecule has 0 atom stereocenters. The highest BCUT2D eigenvalue weighted by Crippen LogP contribution is 2.24. The monoisotopic (exact) mass is 294 g/mol. The number of halogens is 5. The molecule has 1 aromatic carbocycles. The highest BCUT2D eigenvalue weighted by molar-refractivity contribution is 7.85. The van der Waals surface area contributed by atoms with Crippen molar-refractivity contribution in [3.8, 4) is 0 Å². The predicted octanol–water partition coefficient (Wildman–Crippen LogP) is 2.36. The standard InChI is InChI=1S/C8H6F4O3S.ClH/c1-3-5(9)7(11)4(2-16(13,14)15)8(12)6(3)10;/h2H2,1H3,(H,13,14,15);1H. The van der Waals surface area contributed by atoms with Gasteiger partial charge in [0.25, 0.3) is 10.1 Å². The number of rotatable bonds is 2. The van der Waals surface area contributed by atoms with Gasteiger partial charge in [0, 0.05) is 11.1 Å². The van der Waals surface area contributed by atoms with Crippen LogP contribution in [-0.2, 0) is 15.9 Å². The van der Waals surface area contributed by atoms with Gasteiger partial charge in [-0.05, 0) is 6.92 Å². The molecule has 0 aliphatic heterocycles.